The quantitative estimate of drug-likeness (QED) is 0.152. The van der Waals surface area contributed by atoms with Crippen molar-refractivity contribution in [2.24, 2.45) is 0 Å². The molecule has 0 N–H and O–H groups in total. The Labute approximate surface area is 333 Å². The van der Waals surface area contributed by atoms with Crippen molar-refractivity contribution in [2.75, 3.05) is 0 Å². The molecule has 0 aliphatic carbocycles. The van der Waals surface area contributed by atoms with E-state index in [-0.39, 0.29) is 0 Å². The van der Waals surface area contributed by atoms with E-state index in [1.165, 1.54) is 31.3 Å². The molecule has 0 fully saturated rings. The van der Waals surface area contributed by atoms with Crippen LogP contribution in [0.1, 0.15) is 0 Å². The smallest absolute Gasteiger partial charge is 0.187 e. The molecule has 0 bridgehead atoms. The predicted octanol–water partition coefficient (Wildman–Crippen LogP) is 13.2. The Hall–Kier alpha value is -7.66. The number of aromatic nitrogens is 5. The summed E-state index contributed by atoms with van der Waals surface area (Å²) in [5.74, 6) is 1.74. The fourth-order valence-electron chi connectivity index (χ4n) is 7.29. The lowest BCUT2D eigenvalue weighted by atomic mass is 9.93. The molecule has 57 heavy (non-hydrogen) atoms. The first-order valence-electron chi connectivity index (χ1n) is 18.5. The molecule has 0 atom stereocenters. The van der Waals surface area contributed by atoms with Gasteiger partial charge in [0.05, 0.1) is 6.57 Å². The van der Waals surface area contributed by atoms with Gasteiger partial charge in [-0.25, -0.2) is 19.8 Å². The Bertz CT molecular complexity index is 3040. The normalized spacial score (nSPS) is 11.1. The van der Waals surface area contributed by atoms with E-state index in [4.69, 9.17) is 21.5 Å². The van der Waals surface area contributed by atoms with Crippen LogP contribution in [0.2, 0.25) is 0 Å². The summed E-state index contributed by atoms with van der Waals surface area (Å²) in [6.07, 6.45) is 7.45. The number of hydrogen-bond donors (Lipinski definition) is 0. The second-order valence-corrected chi connectivity index (χ2v) is 14.7. The maximum absolute atomic E-state index is 7.36. The molecule has 0 amide bonds. The Balaban J connectivity index is 1.06. The zero-order valence-electron chi connectivity index (χ0n) is 30.4. The fourth-order valence-corrected chi connectivity index (χ4v) is 8.66. The van der Waals surface area contributed by atoms with Gasteiger partial charge in [0.15, 0.2) is 23.2 Å². The zero-order valence-corrected chi connectivity index (χ0v) is 31.2. The van der Waals surface area contributed by atoms with Gasteiger partial charge in [0.25, 0.3) is 0 Å². The lowest BCUT2D eigenvalue weighted by Crippen LogP contribution is -2.00. The van der Waals surface area contributed by atoms with Crippen LogP contribution < -0.4 is 0 Å². The molecule has 4 aromatic heterocycles. The van der Waals surface area contributed by atoms with Gasteiger partial charge in [-0.15, -0.1) is 11.3 Å². The van der Waals surface area contributed by atoms with E-state index in [1.807, 2.05) is 90.7 Å². The van der Waals surface area contributed by atoms with Crippen LogP contribution in [-0.4, -0.2) is 24.9 Å². The molecule has 266 valence electrons. The summed E-state index contributed by atoms with van der Waals surface area (Å²) in [7, 11) is 0. The molecule has 10 aromatic rings. The number of thiophene rings is 1. The highest BCUT2D eigenvalue weighted by molar-refractivity contribution is 7.26. The van der Waals surface area contributed by atoms with E-state index in [2.05, 4.69) is 106 Å². The second-order valence-electron chi connectivity index (χ2n) is 13.7. The molecular weight excluding hydrogens is 717 g/mol. The summed E-state index contributed by atoms with van der Waals surface area (Å²) in [6.45, 7) is 7.36. The van der Waals surface area contributed by atoms with Crippen LogP contribution in [0.4, 0.5) is 5.69 Å². The van der Waals surface area contributed by atoms with E-state index in [1.54, 1.807) is 12.1 Å². The summed E-state index contributed by atoms with van der Waals surface area (Å²) in [6, 6.07) is 53.9. The monoisotopic (exact) mass is 746 g/mol. The van der Waals surface area contributed by atoms with Crippen LogP contribution >= 0.6 is 11.3 Å². The van der Waals surface area contributed by atoms with Crippen LogP contribution in [0, 0.1) is 6.57 Å². The van der Waals surface area contributed by atoms with Gasteiger partial charge in [0.2, 0.25) is 0 Å². The van der Waals surface area contributed by atoms with Gasteiger partial charge in [-0.05, 0) is 63.7 Å². The van der Waals surface area contributed by atoms with Crippen LogP contribution in [0.15, 0.2) is 183 Å². The molecule has 10 rings (SSSR count). The van der Waals surface area contributed by atoms with E-state index < -0.39 is 0 Å². The Morgan fingerprint density at radius 3 is 1.35 bits per heavy atom. The van der Waals surface area contributed by atoms with Crippen LogP contribution in [0.3, 0.4) is 0 Å². The first-order valence-corrected chi connectivity index (χ1v) is 19.3. The topological polar surface area (TPSA) is 68.8 Å². The first-order chi connectivity index (χ1) is 28.2. The molecule has 0 saturated carbocycles. The van der Waals surface area contributed by atoms with Crippen molar-refractivity contribution < 1.29 is 0 Å². The zero-order chi connectivity index (χ0) is 38.1. The fraction of sp³-hybridized carbons (Fsp3) is 0. The molecule has 4 heterocycles. The largest absolute Gasteiger partial charge is 0.264 e. The maximum Gasteiger partial charge on any atom is 0.187 e. The van der Waals surface area contributed by atoms with Gasteiger partial charge in [-0.1, -0.05) is 127 Å². The third kappa shape index (κ3) is 6.50. The van der Waals surface area contributed by atoms with Crippen molar-refractivity contribution in [1.29, 1.82) is 0 Å². The lowest BCUT2D eigenvalue weighted by molar-refractivity contribution is 1.07. The molecule has 7 heteroatoms. The standard InChI is InChI=1S/C50H30N6S/c1-51-41-23-21-35(22-24-41)50-55-48(33-9-3-2-4-10-33)54-49(56-50)34-19-17-32(18-20-34)42-13-5-15-44-45-16-6-14-43(47(45)57-46(42)44)40-28-38(36-11-7-25-52-30-36)27-39(29-40)37-12-8-26-53-31-37/h2-31H. The van der Waals surface area contributed by atoms with Gasteiger partial charge < -0.3 is 0 Å². The Morgan fingerprint density at radius 2 is 0.842 bits per heavy atom. The van der Waals surface area contributed by atoms with Crippen molar-refractivity contribution in [1.82, 2.24) is 24.9 Å². The van der Waals surface area contributed by atoms with Crippen LogP contribution in [0.5, 0.6) is 0 Å². The predicted molar refractivity (Wildman–Crippen MR) is 233 cm³/mol. The molecule has 0 radical (unpaired) electrons. The molecule has 0 aliphatic heterocycles. The minimum Gasteiger partial charge on any atom is -0.264 e. The van der Waals surface area contributed by atoms with Gasteiger partial charge in [0, 0.05) is 72.8 Å². The van der Waals surface area contributed by atoms with Crippen molar-refractivity contribution in [2.45, 2.75) is 0 Å². The van der Waals surface area contributed by atoms with E-state index in [9.17, 15) is 0 Å². The summed E-state index contributed by atoms with van der Waals surface area (Å²) >= 11 is 1.83. The maximum atomic E-state index is 7.36. The van der Waals surface area contributed by atoms with Crippen LogP contribution in [-0.2, 0) is 0 Å². The Kier molecular flexibility index (Phi) is 8.64. The highest BCUT2D eigenvalue weighted by atomic mass is 32.1. The number of hydrogen-bond acceptors (Lipinski definition) is 6. The average Bonchev–Trinajstić information content (AvgIpc) is 3.69. The molecule has 0 saturated heterocycles. The van der Waals surface area contributed by atoms with Crippen molar-refractivity contribution in [3.05, 3.63) is 194 Å². The van der Waals surface area contributed by atoms with Gasteiger partial charge in [-0.3, -0.25) is 9.97 Å². The summed E-state index contributed by atoms with van der Waals surface area (Å²) in [5, 5.41) is 2.46. The highest BCUT2D eigenvalue weighted by Gasteiger charge is 2.17. The average molecular weight is 747 g/mol. The SMILES string of the molecule is [C-]#[N+]c1ccc(-c2nc(-c3ccccc3)nc(-c3ccc(-c4cccc5c4sc4c(-c6cc(-c7cccnc7)cc(-c7cccnc7)c6)cccc45)cc3)n2)cc1. The van der Waals surface area contributed by atoms with Crippen molar-refractivity contribution in [3.63, 3.8) is 0 Å². The number of fused-ring (bicyclic) bond motifs is 3. The molecule has 6 nitrogen and oxygen atoms in total. The number of benzene rings is 6. The van der Waals surface area contributed by atoms with E-state index in [0.29, 0.717) is 23.2 Å². The number of pyridine rings is 2. The highest BCUT2D eigenvalue weighted by Crippen LogP contribution is 2.45. The van der Waals surface area contributed by atoms with E-state index in [0.717, 1.165) is 50.1 Å². The van der Waals surface area contributed by atoms with Crippen molar-refractivity contribution >= 4 is 37.2 Å². The minimum absolute atomic E-state index is 0.559. The van der Waals surface area contributed by atoms with E-state index >= 15 is 0 Å². The third-order valence-electron chi connectivity index (χ3n) is 10.1. The van der Waals surface area contributed by atoms with Gasteiger partial charge in [0.1, 0.15) is 0 Å². The number of rotatable bonds is 7. The second kappa shape index (κ2) is 14.5. The summed E-state index contributed by atoms with van der Waals surface area (Å²) in [4.78, 5) is 27.1. The summed E-state index contributed by atoms with van der Waals surface area (Å²) in [5.41, 5.74) is 12.2. The van der Waals surface area contributed by atoms with Gasteiger partial charge >= 0.3 is 0 Å². The summed E-state index contributed by atoms with van der Waals surface area (Å²) < 4.78 is 2.48. The van der Waals surface area contributed by atoms with Crippen LogP contribution in [0.25, 0.3) is 104 Å². The number of nitrogens with zero attached hydrogens (tertiary/aromatic N) is 6. The lowest BCUT2D eigenvalue weighted by Gasteiger charge is -2.11. The molecular formula is C50H30N6S. The molecule has 6 aromatic carbocycles. The Morgan fingerprint density at radius 1 is 0.386 bits per heavy atom. The minimum atomic E-state index is 0.559. The third-order valence-corrected chi connectivity index (χ3v) is 11.4. The molecule has 0 unspecified atom stereocenters. The van der Waals surface area contributed by atoms with Gasteiger partial charge in [-0.2, -0.15) is 0 Å². The van der Waals surface area contributed by atoms with Crippen molar-refractivity contribution in [3.8, 4) is 78.7 Å². The first kappa shape index (κ1) is 33.9. The molecule has 0 spiro atoms. The molecule has 0 aliphatic rings.